The summed E-state index contributed by atoms with van der Waals surface area (Å²) >= 11 is 11.5. The van der Waals surface area contributed by atoms with Crippen molar-refractivity contribution in [2.45, 2.75) is 12.8 Å². The van der Waals surface area contributed by atoms with Gasteiger partial charge in [-0.25, -0.2) is 9.97 Å². The fraction of sp³-hybridized carbons (Fsp3) is 0.375. The maximum absolute atomic E-state index is 11.7. The lowest BCUT2D eigenvalue weighted by atomic mass is 10.1. The number of nitrogen functional groups attached to an aromatic ring is 1. The van der Waals surface area contributed by atoms with Crippen molar-refractivity contribution in [1.82, 2.24) is 9.97 Å². The fourth-order valence-corrected chi connectivity index (χ4v) is 1.76. The molecule has 6 heteroatoms. The number of ketones is 1. The number of nitrogens with zero attached hydrogens (tertiary/aromatic N) is 2. The highest BCUT2D eigenvalue weighted by Crippen LogP contribution is 2.36. The second-order valence-corrected chi connectivity index (χ2v) is 3.89. The van der Waals surface area contributed by atoms with Crippen LogP contribution in [0, 0.1) is 5.92 Å². The first-order valence-electron chi connectivity index (χ1n) is 4.12. The molecule has 0 radical (unpaired) electrons. The summed E-state index contributed by atoms with van der Waals surface area (Å²) in [4.78, 5) is 19.1. The fourth-order valence-electron chi connectivity index (χ4n) is 1.18. The van der Waals surface area contributed by atoms with Gasteiger partial charge in [-0.05, 0) is 12.8 Å². The van der Waals surface area contributed by atoms with Gasteiger partial charge in [-0.1, -0.05) is 23.2 Å². The summed E-state index contributed by atoms with van der Waals surface area (Å²) in [5.74, 6) is -0.0652. The molecule has 1 aromatic heterocycles. The van der Waals surface area contributed by atoms with Crippen molar-refractivity contribution in [1.29, 1.82) is 0 Å². The molecule has 0 amide bonds. The van der Waals surface area contributed by atoms with E-state index in [0.29, 0.717) is 0 Å². The zero-order valence-electron chi connectivity index (χ0n) is 7.13. The van der Waals surface area contributed by atoms with Crippen LogP contribution in [-0.4, -0.2) is 15.8 Å². The molecule has 0 bridgehead atoms. The molecule has 2 rings (SSSR count). The van der Waals surface area contributed by atoms with Crippen LogP contribution in [0.1, 0.15) is 23.2 Å². The molecule has 1 heterocycles. The number of hydrogen-bond donors (Lipinski definition) is 1. The summed E-state index contributed by atoms with van der Waals surface area (Å²) in [6.45, 7) is 0. The number of anilines is 1. The predicted molar refractivity (Wildman–Crippen MR) is 53.5 cm³/mol. The molecule has 1 fully saturated rings. The van der Waals surface area contributed by atoms with Gasteiger partial charge in [0.1, 0.15) is 10.3 Å². The normalized spacial score (nSPS) is 15.6. The third-order valence-electron chi connectivity index (χ3n) is 2.03. The zero-order chi connectivity index (χ0) is 10.3. The molecule has 74 valence electrons. The van der Waals surface area contributed by atoms with Crippen LogP contribution in [0.4, 0.5) is 5.95 Å². The lowest BCUT2D eigenvalue weighted by Crippen LogP contribution is -2.08. The molecule has 1 aliphatic rings. The SMILES string of the molecule is Nc1nc(Cl)c(C(=O)C2CC2)c(Cl)n1. The van der Waals surface area contributed by atoms with Crippen LogP contribution < -0.4 is 5.73 Å². The molecule has 0 aliphatic heterocycles. The Morgan fingerprint density at radius 1 is 1.29 bits per heavy atom. The number of halogens is 2. The van der Waals surface area contributed by atoms with Gasteiger partial charge in [0.05, 0.1) is 5.56 Å². The van der Waals surface area contributed by atoms with E-state index in [9.17, 15) is 4.79 Å². The van der Waals surface area contributed by atoms with E-state index in [-0.39, 0.29) is 33.5 Å². The van der Waals surface area contributed by atoms with E-state index in [4.69, 9.17) is 28.9 Å². The summed E-state index contributed by atoms with van der Waals surface area (Å²) in [6, 6.07) is 0. The van der Waals surface area contributed by atoms with E-state index in [1.54, 1.807) is 0 Å². The van der Waals surface area contributed by atoms with Crippen LogP contribution in [0.25, 0.3) is 0 Å². The zero-order valence-corrected chi connectivity index (χ0v) is 8.64. The molecule has 2 N–H and O–H groups in total. The molecule has 0 saturated heterocycles. The predicted octanol–water partition coefficient (Wildman–Crippen LogP) is 1.96. The van der Waals surface area contributed by atoms with Gasteiger partial charge in [-0.3, -0.25) is 4.79 Å². The van der Waals surface area contributed by atoms with E-state index in [2.05, 4.69) is 9.97 Å². The molecule has 0 spiro atoms. The standard InChI is InChI=1S/C8H7Cl2N3O/c9-6-4(5(14)3-1-2-3)7(10)13-8(11)12-6/h3H,1-2H2,(H2,11,12,13). The van der Waals surface area contributed by atoms with Crippen LogP contribution in [0.15, 0.2) is 0 Å². The number of rotatable bonds is 2. The third kappa shape index (κ3) is 1.67. The van der Waals surface area contributed by atoms with Gasteiger partial charge < -0.3 is 5.73 Å². The number of nitrogens with two attached hydrogens (primary N) is 1. The second-order valence-electron chi connectivity index (χ2n) is 3.18. The molecule has 1 aromatic rings. The van der Waals surface area contributed by atoms with Gasteiger partial charge >= 0.3 is 0 Å². The second kappa shape index (κ2) is 3.37. The highest BCUT2D eigenvalue weighted by Gasteiger charge is 2.33. The number of aromatic nitrogens is 2. The lowest BCUT2D eigenvalue weighted by Gasteiger charge is -2.03. The Morgan fingerprint density at radius 2 is 1.79 bits per heavy atom. The molecule has 4 nitrogen and oxygen atoms in total. The summed E-state index contributed by atoms with van der Waals surface area (Å²) in [7, 11) is 0. The summed E-state index contributed by atoms with van der Waals surface area (Å²) < 4.78 is 0. The van der Waals surface area contributed by atoms with Crippen molar-refractivity contribution >= 4 is 34.9 Å². The van der Waals surface area contributed by atoms with Crippen LogP contribution in [0.5, 0.6) is 0 Å². The van der Waals surface area contributed by atoms with Gasteiger partial charge in [-0.2, -0.15) is 0 Å². The quantitative estimate of drug-likeness (QED) is 0.625. The highest BCUT2D eigenvalue weighted by molar-refractivity contribution is 6.38. The maximum atomic E-state index is 11.7. The van der Waals surface area contributed by atoms with Crippen LogP contribution in [-0.2, 0) is 0 Å². The number of hydrogen-bond acceptors (Lipinski definition) is 4. The van der Waals surface area contributed by atoms with Crippen molar-refractivity contribution in [2.24, 2.45) is 5.92 Å². The lowest BCUT2D eigenvalue weighted by molar-refractivity contribution is 0.0967. The average Bonchev–Trinajstić information content (AvgIpc) is 2.83. The minimum Gasteiger partial charge on any atom is -0.368 e. The van der Waals surface area contributed by atoms with Gasteiger partial charge in [0.2, 0.25) is 5.95 Å². The largest absolute Gasteiger partial charge is 0.368 e. The minimum atomic E-state index is -0.0833. The summed E-state index contributed by atoms with van der Waals surface area (Å²) in [5, 5.41) is 0.0822. The Morgan fingerprint density at radius 3 is 2.21 bits per heavy atom. The van der Waals surface area contributed by atoms with E-state index in [1.807, 2.05) is 0 Å². The molecule has 1 saturated carbocycles. The highest BCUT2D eigenvalue weighted by atomic mass is 35.5. The first-order valence-corrected chi connectivity index (χ1v) is 4.88. The Balaban J connectivity index is 2.45. The molecule has 0 unspecified atom stereocenters. The van der Waals surface area contributed by atoms with Gasteiger partial charge in [0.15, 0.2) is 5.78 Å². The van der Waals surface area contributed by atoms with Crippen molar-refractivity contribution in [3.63, 3.8) is 0 Å². The van der Waals surface area contributed by atoms with Crippen LogP contribution in [0.2, 0.25) is 10.3 Å². The van der Waals surface area contributed by atoms with E-state index in [0.717, 1.165) is 12.8 Å². The van der Waals surface area contributed by atoms with Crippen LogP contribution >= 0.6 is 23.2 Å². The van der Waals surface area contributed by atoms with Gasteiger partial charge in [-0.15, -0.1) is 0 Å². The average molecular weight is 232 g/mol. The molecular weight excluding hydrogens is 225 g/mol. The van der Waals surface area contributed by atoms with Gasteiger partial charge in [0.25, 0.3) is 0 Å². The third-order valence-corrected chi connectivity index (χ3v) is 2.58. The Bertz CT molecular complexity index is 381. The molecular formula is C8H7Cl2N3O. The monoisotopic (exact) mass is 231 g/mol. The van der Waals surface area contributed by atoms with Crippen molar-refractivity contribution < 1.29 is 4.79 Å². The van der Waals surface area contributed by atoms with Crippen molar-refractivity contribution in [3.05, 3.63) is 15.9 Å². The molecule has 0 aromatic carbocycles. The minimum absolute atomic E-state index is 0.0210. The van der Waals surface area contributed by atoms with Crippen molar-refractivity contribution in [2.75, 3.05) is 5.73 Å². The summed E-state index contributed by atoms with van der Waals surface area (Å²) in [6.07, 6.45) is 1.77. The van der Waals surface area contributed by atoms with Crippen LogP contribution in [0.3, 0.4) is 0 Å². The smallest absolute Gasteiger partial charge is 0.222 e. The molecule has 0 atom stereocenters. The molecule has 14 heavy (non-hydrogen) atoms. The maximum Gasteiger partial charge on any atom is 0.222 e. The van der Waals surface area contributed by atoms with Gasteiger partial charge in [0, 0.05) is 5.92 Å². The van der Waals surface area contributed by atoms with E-state index in [1.165, 1.54) is 0 Å². The van der Waals surface area contributed by atoms with E-state index < -0.39 is 0 Å². The topological polar surface area (TPSA) is 68.9 Å². The van der Waals surface area contributed by atoms with Crippen molar-refractivity contribution in [3.8, 4) is 0 Å². The Hall–Kier alpha value is -0.870. The Labute approximate surface area is 90.4 Å². The summed E-state index contributed by atoms with van der Waals surface area (Å²) in [5.41, 5.74) is 5.52. The number of carbonyl (C=O) groups is 1. The van der Waals surface area contributed by atoms with E-state index >= 15 is 0 Å². The Kier molecular flexibility index (Phi) is 2.33. The number of carbonyl (C=O) groups excluding carboxylic acids is 1. The molecule has 1 aliphatic carbocycles. The number of Topliss-reactive ketones (excluding diaryl/α,β-unsaturated/α-hetero) is 1. The first kappa shape index (κ1) is 9.68. The first-order chi connectivity index (χ1) is 6.59.